The fourth-order valence-electron chi connectivity index (χ4n) is 2.54. The SMILES string of the molecule is CC1CCC(CN2CCC(CO)C2)O1. The molecule has 0 aliphatic carbocycles. The van der Waals surface area contributed by atoms with Crippen LogP contribution in [0, 0.1) is 5.92 Å². The van der Waals surface area contributed by atoms with Gasteiger partial charge < -0.3 is 14.7 Å². The Hall–Kier alpha value is -0.120. The quantitative estimate of drug-likeness (QED) is 0.732. The lowest BCUT2D eigenvalue weighted by Gasteiger charge is -2.20. The van der Waals surface area contributed by atoms with Crippen molar-refractivity contribution >= 4 is 0 Å². The van der Waals surface area contributed by atoms with E-state index in [4.69, 9.17) is 9.84 Å². The average Bonchev–Trinajstić information content (AvgIpc) is 2.76. The van der Waals surface area contributed by atoms with Gasteiger partial charge in [0.1, 0.15) is 0 Å². The van der Waals surface area contributed by atoms with Crippen LogP contribution in [0.25, 0.3) is 0 Å². The second-order valence-corrected chi connectivity index (χ2v) is 4.74. The number of rotatable bonds is 3. The van der Waals surface area contributed by atoms with Gasteiger partial charge in [0, 0.05) is 19.7 Å². The second-order valence-electron chi connectivity index (χ2n) is 4.74. The highest BCUT2D eigenvalue weighted by molar-refractivity contribution is 4.80. The van der Waals surface area contributed by atoms with Gasteiger partial charge in [-0.2, -0.15) is 0 Å². The summed E-state index contributed by atoms with van der Waals surface area (Å²) < 4.78 is 5.79. The minimum atomic E-state index is 0.346. The number of aliphatic hydroxyl groups excluding tert-OH is 1. The van der Waals surface area contributed by atoms with Gasteiger partial charge in [0.25, 0.3) is 0 Å². The maximum atomic E-state index is 9.03. The van der Waals surface area contributed by atoms with Crippen LogP contribution in [0.4, 0.5) is 0 Å². The number of hydrogen-bond donors (Lipinski definition) is 1. The van der Waals surface area contributed by atoms with Gasteiger partial charge in [-0.1, -0.05) is 0 Å². The Morgan fingerprint density at radius 3 is 2.79 bits per heavy atom. The fourth-order valence-corrected chi connectivity index (χ4v) is 2.54. The highest BCUT2D eigenvalue weighted by atomic mass is 16.5. The molecular weight excluding hydrogens is 178 g/mol. The molecule has 3 atom stereocenters. The van der Waals surface area contributed by atoms with Crippen LogP contribution >= 0.6 is 0 Å². The van der Waals surface area contributed by atoms with Crippen molar-refractivity contribution in [3.63, 3.8) is 0 Å². The number of hydrogen-bond acceptors (Lipinski definition) is 3. The maximum absolute atomic E-state index is 9.03. The van der Waals surface area contributed by atoms with Gasteiger partial charge in [-0.15, -0.1) is 0 Å². The van der Waals surface area contributed by atoms with E-state index in [1.807, 2.05) is 0 Å². The number of nitrogens with zero attached hydrogens (tertiary/aromatic N) is 1. The van der Waals surface area contributed by atoms with Gasteiger partial charge in [-0.3, -0.25) is 0 Å². The first-order valence-corrected chi connectivity index (χ1v) is 5.76. The summed E-state index contributed by atoms with van der Waals surface area (Å²) in [6.45, 7) is 5.77. The molecule has 1 N–H and O–H groups in total. The van der Waals surface area contributed by atoms with E-state index in [9.17, 15) is 0 Å². The van der Waals surface area contributed by atoms with E-state index in [1.165, 1.54) is 12.8 Å². The summed E-state index contributed by atoms with van der Waals surface area (Å²) in [6, 6.07) is 0. The lowest BCUT2D eigenvalue weighted by molar-refractivity contribution is 0.0349. The predicted molar refractivity (Wildman–Crippen MR) is 55.2 cm³/mol. The number of likely N-dealkylation sites (tertiary alicyclic amines) is 1. The molecule has 3 heteroatoms. The molecule has 82 valence electrons. The molecule has 14 heavy (non-hydrogen) atoms. The minimum absolute atomic E-state index is 0.346. The van der Waals surface area contributed by atoms with E-state index in [1.54, 1.807) is 0 Å². The Balaban J connectivity index is 1.71. The van der Waals surface area contributed by atoms with E-state index < -0.39 is 0 Å². The number of aliphatic hydroxyl groups is 1. The first-order valence-electron chi connectivity index (χ1n) is 5.76. The topological polar surface area (TPSA) is 32.7 Å². The zero-order valence-corrected chi connectivity index (χ0v) is 8.98. The number of ether oxygens (including phenoxy) is 1. The predicted octanol–water partition coefficient (Wildman–Crippen LogP) is 0.868. The fraction of sp³-hybridized carbons (Fsp3) is 1.00. The van der Waals surface area contributed by atoms with Crippen molar-refractivity contribution in [2.75, 3.05) is 26.2 Å². The molecule has 0 saturated carbocycles. The molecule has 2 fully saturated rings. The van der Waals surface area contributed by atoms with Crippen LogP contribution in [0.2, 0.25) is 0 Å². The van der Waals surface area contributed by atoms with Crippen molar-refractivity contribution in [1.29, 1.82) is 0 Å². The summed E-state index contributed by atoms with van der Waals surface area (Å²) in [5, 5.41) is 9.03. The molecule has 2 aliphatic rings. The van der Waals surface area contributed by atoms with Crippen LogP contribution in [-0.4, -0.2) is 48.5 Å². The molecule has 2 rings (SSSR count). The Kier molecular flexibility index (Phi) is 3.42. The van der Waals surface area contributed by atoms with Crippen LogP contribution in [-0.2, 0) is 4.74 Å². The van der Waals surface area contributed by atoms with Crippen molar-refractivity contribution < 1.29 is 9.84 Å². The summed E-state index contributed by atoms with van der Waals surface area (Å²) in [7, 11) is 0. The van der Waals surface area contributed by atoms with Gasteiger partial charge in [0.2, 0.25) is 0 Å². The van der Waals surface area contributed by atoms with E-state index in [0.29, 0.717) is 24.7 Å². The highest BCUT2D eigenvalue weighted by Crippen LogP contribution is 2.22. The molecule has 0 radical (unpaired) electrons. The first-order chi connectivity index (χ1) is 6.78. The lowest BCUT2D eigenvalue weighted by atomic mass is 10.1. The Labute approximate surface area is 86.0 Å². The largest absolute Gasteiger partial charge is 0.396 e. The van der Waals surface area contributed by atoms with Crippen molar-refractivity contribution in [3.05, 3.63) is 0 Å². The molecule has 0 aromatic rings. The summed E-state index contributed by atoms with van der Waals surface area (Å²) in [4.78, 5) is 2.43. The molecular formula is C11H21NO2. The summed E-state index contributed by atoms with van der Waals surface area (Å²) in [6.07, 6.45) is 4.47. The Bertz CT molecular complexity index is 186. The van der Waals surface area contributed by atoms with Crippen molar-refractivity contribution in [1.82, 2.24) is 4.90 Å². The lowest BCUT2D eigenvalue weighted by Crippen LogP contribution is -2.31. The van der Waals surface area contributed by atoms with E-state index >= 15 is 0 Å². The van der Waals surface area contributed by atoms with Crippen LogP contribution in [0.15, 0.2) is 0 Å². The molecule has 0 amide bonds. The third-order valence-electron chi connectivity index (χ3n) is 3.41. The Morgan fingerprint density at radius 1 is 1.36 bits per heavy atom. The molecule has 0 spiro atoms. The van der Waals surface area contributed by atoms with Crippen LogP contribution in [0.5, 0.6) is 0 Å². The standard InChI is InChI=1S/C11H21NO2/c1-9-2-3-11(14-9)7-12-5-4-10(6-12)8-13/h9-11,13H,2-8H2,1H3. The molecule has 0 aromatic carbocycles. The molecule has 3 nitrogen and oxygen atoms in total. The minimum Gasteiger partial charge on any atom is -0.396 e. The average molecular weight is 199 g/mol. The van der Waals surface area contributed by atoms with E-state index in [-0.39, 0.29) is 0 Å². The summed E-state index contributed by atoms with van der Waals surface area (Å²) in [5.74, 6) is 0.508. The molecule has 2 aliphatic heterocycles. The monoisotopic (exact) mass is 199 g/mol. The zero-order valence-electron chi connectivity index (χ0n) is 8.98. The molecule has 2 heterocycles. The van der Waals surface area contributed by atoms with Crippen LogP contribution in [0.3, 0.4) is 0 Å². The third kappa shape index (κ3) is 2.47. The zero-order chi connectivity index (χ0) is 9.97. The smallest absolute Gasteiger partial charge is 0.0706 e. The summed E-state index contributed by atoms with van der Waals surface area (Å²) >= 11 is 0. The highest BCUT2D eigenvalue weighted by Gasteiger charge is 2.27. The maximum Gasteiger partial charge on any atom is 0.0706 e. The Morgan fingerprint density at radius 2 is 2.21 bits per heavy atom. The van der Waals surface area contributed by atoms with Gasteiger partial charge >= 0.3 is 0 Å². The molecule has 0 aromatic heterocycles. The van der Waals surface area contributed by atoms with Crippen molar-refractivity contribution in [2.45, 2.75) is 38.4 Å². The van der Waals surface area contributed by atoms with Crippen molar-refractivity contribution in [2.24, 2.45) is 5.92 Å². The third-order valence-corrected chi connectivity index (χ3v) is 3.41. The van der Waals surface area contributed by atoms with Gasteiger partial charge in [-0.05, 0) is 38.6 Å². The van der Waals surface area contributed by atoms with Gasteiger partial charge in [0.05, 0.1) is 12.2 Å². The first kappa shape index (κ1) is 10.4. The van der Waals surface area contributed by atoms with Crippen LogP contribution < -0.4 is 0 Å². The second kappa shape index (κ2) is 4.60. The van der Waals surface area contributed by atoms with Gasteiger partial charge in [-0.25, -0.2) is 0 Å². The normalized spacial score (nSPS) is 39.4. The molecule has 2 saturated heterocycles. The molecule has 3 unspecified atom stereocenters. The van der Waals surface area contributed by atoms with E-state index in [2.05, 4.69) is 11.8 Å². The van der Waals surface area contributed by atoms with Gasteiger partial charge in [0.15, 0.2) is 0 Å². The van der Waals surface area contributed by atoms with Crippen LogP contribution in [0.1, 0.15) is 26.2 Å². The molecule has 0 bridgehead atoms. The van der Waals surface area contributed by atoms with E-state index in [0.717, 1.165) is 26.1 Å². The summed E-state index contributed by atoms with van der Waals surface area (Å²) in [5.41, 5.74) is 0. The van der Waals surface area contributed by atoms with Crippen molar-refractivity contribution in [3.8, 4) is 0 Å².